The Bertz CT molecular complexity index is 581. The molecule has 0 aliphatic carbocycles. The lowest BCUT2D eigenvalue weighted by Gasteiger charge is -2.18. The highest BCUT2D eigenvalue weighted by Gasteiger charge is 2.11. The van der Waals surface area contributed by atoms with Gasteiger partial charge in [0.1, 0.15) is 12.7 Å². The highest BCUT2D eigenvalue weighted by molar-refractivity contribution is 5.74. The standard InChI is InChI=1S/C14H20N6O/c1-10(2)11(3)19-14(21)17-7-12-5-4-6-16-13(12)20-9-15-8-18-20/h4-6,8-11H,7H2,1-3H3,(H2,17,19,21)/t11-/m1/s1. The number of urea groups is 1. The molecule has 7 nitrogen and oxygen atoms in total. The average Bonchev–Trinajstić information content (AvgIpc) is 2.99. The van der Waals surface area contributed by atoms with Crippen molar-refractivity contribution < 1.29 is 4.79 Å². The lowest BCUT2D eigenvalue weighted by molar-refractivity contribution is 0.234. The molecule has 0 radical (unpaired) electrons. The van der Waals surface area contributed by atoms with Crippen molar-refractivity contribution in [1.82, 2.24) is 30.4 Å². The highest BCUT2D eigenvalue weighted by atomic mass is 16.2. The van der Waals surface area contributed by atoms with E-state index >= 15 is 0 Å². The van der Waals surface area contributed by atoms with Gasteiger partial charge in [0, 0.05) is 24.3 Å². The molecular weight excluding hydrogens is 268 g/mol. The Labute approximate surface area is 123 Å². The van der Waals surface area contributed by atoms with Crippen LogP contribution < -0.4 is 10.6 Å². The topological polar surface area (TPSA) is 84.7 Å². The summed E-state index contributed by atoms with van der Waals surface area (Å²) >= 11 is 0. The smallest absolute Gasteiger partial charge is 0.315 e. The third-order valence-corrected chi connectivity index (χ3v) is 3.30. The molecule has 2 heterocycles. The molecule has 0 fully saturated rings. The maximum absolute atomic E-state index is 11.9. The van der Waals surface area contributed by atoms with Gasteiger partial charge in [0.15, 0.2) is 5.82 Å². The summed E-state index contributed by atoms with van der Waals surface area (Å²) in [7, 11) is 0. The summed E-state index contributed by atoms with van der Waals surface area (Å²) in [4.78, 5) is 20.0. The molecule has 7 heteroatoms. The summed E-state index contributed by atoms with van der Waals surface area (Å²) < 4.78 is 1.58. The van der Waals surface area contributed by atoms with Crippen LogP contribution in [0.25, 0.3) is 5.82 Å². The second-order valence-electron chi connectivity index (χ2n) is 5.19. The summed E-state index contributed by atoms with van der Waals surface area (Å²) in [5.41, 5.74) is 0.871. The molecular formula is C14H20N6O. The summed E-state index contributed by atoms with van der Waals surface area (Å²) in [6, 6.07) is 3.65. The van der Waals surface area contributed by atoms with Gasteiger partial charge >= 0.3 is 6.03 Å². The highest BCUT2D eigenvalue weighted by Crippen LogP contribution is 2.09. The Morgan fingerprint density at radius 3 is 2.86 bits per heavy atom. The van der Waals surface area contributed by atoms with E-state index in [2.05, 4.69) is 39.5 Å². The van der Waals surface area contributed by atoms with Crippen molar-refractivity contribution in [3.63, 3.8) is 0 Å². The fourth-order valence-electron chi connectivity index (χ4n) is 1.69. The Morgan fingerprint density at radius 1 is 1.38 bits per heavy atom. The quantitative estimate of drug-likeness (QED) is 0.873. The molecule has 0 saturated heterocycles. The van der Waals surface area contributed by atoms with Crippen molar-refractivity contribution >= 4 is 6.03 Å². The minimum absolute atomic E-state index is 0.119. The first-order valence-corrected chi connectivity index (χ1v) is 6.91. The Hall–Kier alpha value is -2.44. The average molecular weight is 288 g/mol. The zero-order chi connectivity index (χ0) is 15.2. The summed E-state index contributed by atoms with van der Waals surface area (Å²) in [6.45, 7) is 6.48. The van der Waals surface area contributed by atoms with Gasteiger partial charge in [-0.05, 0) is 18.9 Å². The minimum atomic E-state index is -0.190. The second-order valence-corrected chi connectivity index (χ2v) is 5.19. The number of pyridine rings is 1. The van der Waals surface area contributed by atoms with Crippen molar-refractivity contribution in [3.8, 4) is 5.82 Å². The SMILES string of the molecule is CC(C)[C@@H](C)NC(=O)NCc1cccnc1-n1cncn1. The molecule has 2 amide bonds. The van der Waals surface area contributed by atoms with Gasteiger partial charge in [-0.25, -0.2) is 19.4 Å². The first-order valence-electron chi connectivity index (χ1n) is 6.91. The normalized spacial score (nSPS) is 12.2. The molecule has 112 valence electrons. The van der Waals surface area contributed by atoms with Crippen LogP contribution in [-0.2, 0) is 6.54 Å². The van der Waals surface area contributed by atoms with Crippen molar-refractivity contribution in [2.45, 2.75) is 33.4 Å². The number of carbonyl (C=O) groups excluding carboxylic acids is 1. The maximum Gasteiger partial charge on any atom is 0.315 e. The first-order chi connectivity index (χ1) is 10.1. The minimum Gasteiger partial charge on any atom is -0.335 e. The number of amides is 2. The van der Waals surface area contributed by atoms with Crippen molar-refractivity contribution in [2.75, 3.05) is 0 Å². The van der Waals surface area contributed by atoms with Crippen LogP contribution in [0.1, 0.15) is 26.3 Å². The molecule has 0 aliphatic rings. The fourth-order valence-corrected chi connectivity index (χ4v) is 1.69. The number of carbonyl (C=O) groups is 1. The number of nitrogens with one attached hydrogen (secondary N) is 2. The van der Waals surface area contributed by atoms with Crippen LogP contribution in [0.2, 0.25) is 0 Å². The molecule has 0 aliphatic heterocycles. The van der Waals surface area contributed by atoms with Crippen LogP contribution in [0.4, 0.5) is 4.79 Å². The summed E-state index contributed by atoms with van der Waals surface area (Å²) in [5.74, 6) is 1.05. The van der Waals surface area contributed by atoms with Gasteiger partial charge in [0.05, 0.1) is 0 Å². The van der Waals surface area contributed by atoms with Gasteiger partial charge < -0.3 is 10.6 Å². The van der Waals surface area contributed by atoms with E-state index in [4.69, 9.17) is 0 Å². The Morgan fingerprint density at radius 2 is 2.19 bits per heavy atom. The Balaban J connectivity index is 1.99. The maximum atomic E-state index is 11.9. The molecule has 0 saturated carbocycles. The molecule has 0 spiro atoms. The van der Waals surface area contributed by atoms with Crippen molar-refractivity contribution in [1.29, 1.82) is 0 Å². The number of rotatable bonds is 5. The molecule has 2 N–H and O–H groups in total. The molecule has 2 aromatic heterocycles. The zero-order valence-electron chi connectivity index (χ0n) is 12.4. The van der Waals surface area contributed by atoms with Gasteiger partial charge in [0.25, 0.3) is 0 Å². The molecule has 0 unspecified atom stereocenters. The van der Waals surface area contributed by atoms with E-state index in [1.165, 1.54) is 6.33 Å². The molecule has 1 atom stereocenters. The van der Waals surface area contributed by atoms with Crippen LogP contribution in [-0.4, -0.2) is 31.8 Å². The van der Waals surface area contributed by atoms with E-state index in [9.17, 15) is 4.79 Å². The second kappa shape index (κ2) is 6.83. The van der Waals surface area contributed by atoms with E-state index in [-0.39, 0.29) is 12.1 Å². The van der Waals surface area contributed by atoms with Gasteiger partial charge in [-0.15, -0.1) is 0 Å². The zero-order valence-corrected chi connectivity index (χ0v) is 12.4. The van der Waals surface area contributed by atoms with Crippen LogP contribution >= 0.6 is 0 Å². The van der Waals surface area contributed by atoms with Gasteiger partial charge in [-0.1, -0.05) is 19.9 Å². The van der Waals surface area contributed by atoms with Gasteiger partial charge in [0.2, 0.25) is 0 Å². The molecule has 2 rings (SSSR count). The fraction of sp³-hybridized carbons (Fsp3) is 0.429. The van der Waals surface area contributed by atoms with Gasteiger partial charge in [-0.2, -0.15) is 5.10 Å². The Kier molecular flexibility index (Phi) is 4.86. The molecule has 21 heavy (non-hydrogen) atoms. The molecule has 0 aromatic carbocycles. The summed E-state index contributed by atoms with van der Waals surface area (Å²) in [6.07, 6.45) is 4.71. The van der Waals surface area contributed by atoms with Gasteiger partial charge in [-0.3, -0.25) is 0 Å². The van der Waals surface area contributed by atoms with Crippen LogP contribution in [0.15, 0.2) is 31.0 Å². The molecule has 2 aromatic rings. The largest absolute Gasteiger partial charge is 0.335 e. The number of hydrogen-bond donors (Lipinski definition) is 2. The van der Waals surface area contributed by atoms with E-state index in [1.807, 2.05) is 19.1 Å². The van der Waals surface area contributed by atoms with E-state index in [1.54, 1.807) is 17.2 Å². The van der Waals surface area contributed by atoms with E-state index < -0.39 is 0 Å². The first kappa shape index (κ1) is 15.0. The number of nitrogens with zero attached hydrogens (tertiary/aromatic N) is 4. The van der Waals surface area contributed by atoms with Crippen LogP contribution in [0.3, 0.4) is 0 Å². The lowest BCUT2D eigenvalue weighted by atomic mass is 10.1. The van der Waals surface area contributed by atoms with E-state index in [0.29, 0.717) is 18.3 Å². The summed E-state index contributed by atoms with van der Waals surface area (Å²) in [5, 5.41) is 9.79. The third-order valence-electron chi connectivity index (χ3n) is 3.30. The molecule has 0 bridgehead atoms. The monoisotopic (exact) mass is 288 g/mol. The predicted molar refractivity (Wildman–Crippen MR) is 78.8 cm³/mol. The predicted octanol–water partition coefficient (Wildman–Crippen LogP) is 1.51. The van der Waals surface area contributed by atoms with Crippen LogP contribution in [0, 0.1) is 5.92 Å². The van der Waals surface area contributed by atoms with E-state index in [0.717, 1.165) is 5.56 Å². The third kappa shape index (κ3) is 4.01. The lowest BCUT2D eigenvalue weighted by Crippen LogP contribution is -2.42. The van der Waals surface area contributed by atoms with Crippen molar-refractivity contribution in [2.24, 2.45) is 5.92 Å². The van der Waals surface area contributed by atoms with Crippen LogP contribution in [0.5, 0.6) is 0 Å². The number of hydrogen-bond acceptors (Lipinski definition) is 4. The van der Waals surface area contributed by atoms with Crippen molar-refractivity contribution in [3.05, 3.63) is 36.5 Å². The number of aromatic nitrogens is 4.